The molecular formula is C16H25NO2. The fourth-order valence-corrected chi connectivity index (χ4v) is 1.83. The van der Waals surface area contributed by atoms with Crippen LogP contribution in [0, 0.1) is 0 Å². The minimum atomic E-state index is 0.130. The number of benzene rings is 1. The first kappa shape index (κ1) is 15.7. The van der Waals surface area contributed by atoms with Gasteiger partial charge in [-0.3, -0.25) is 9.69 Å². The molecule has 0 saturated heterocycles. The van der Waals surface area contributed by atoms with E-state index in [1.165, 1.54) is 5.56 Å². The third kappa shape index (κ3) is 5.88. The maximum atomic E-state index is 11.0. The normalized spacial score (nSPS) is 11.7. The van der Waals surface area contributed by atoms with Crippen molar-refractivity contribution in [3.63, 3.8) is 0 Å². The molecule has 0 N–H and O–H groups in total. The van der Waals surface area contributed by atoms with Crippen LogP contribution in [0.3, 0.4) is 0 Å². The number of likely N-dealkylation sites (N-methyl/N-ethyl adjacent to an activating group) is 1. The Hall–Kier alpha value is -1.35. The van der Waals surface area contributed by atoms with E-state index in [1.807, 2.05) is 24.1 Å². The Kier molecular flexibility index (Phi) is 5.55. The second-order valence-electron chi connectivity index (χ2n) is 6.07. The highest BCUT2D eigenvalue weighted by molar-refractivity contribution is 5.77. The first-order chi connectivity index (χ1) is 8.79. The average molecular weight is 263 g/mol. The molecule has 106 valence electrons. The summed E-state index contributed by atoms with van der Waals surface area (Å²) in [6.45, 7) is 9.98. The predicted molar refractivity (Wildman–Crippen MR) is 78.8 cm³/mol. The van der Waals surface area contributed by atoms with E-state index in [2.05, 4.69) is 32.9 Å². The van der Waals surface area contributed by atoms with Gasteiger partial charge in [-0.2, -0.15) is 0 Å². The second kappa shape index (κ2) is 6.71. The van der Waals surface area contributed by atoms with Crippen molar-refractivity contribution in [3.05, 3.63) is 29.8 Å². The molecule has 0 aliphatic rings. The zero-order chi connectivity index (χ0) is 14.5. The standard InChI is InChI=1S/C16H25NO2/c1-13(18)12-17(5)9-10-19-15-8-6-7-14(11-15)16(2,3)4/h6-8,11H,9-10,12H2,1-5H3. The summed E-state index contributed by atoms with van der Waals surface area (Å²) in [4.78, 5) is 12.9. The van der Waals surface area contributed by atoms with E-state index in [9.17, 15) is 4.79 Å². The molecule has 1 rings (SSSR count). The van der Waals surface area contributed by atoms with Crippen molar-refractivity contribution in [2.45, 2.75) is 33.1 Å². The van der Waals surface area contributed by atoms with Crippen LogP contribution in [0.5, 0.6) is 5.75 Å². The number of hydrogen-bond acceptors (Lipinski definition) is 3. The summed E-state index contributed by atoms with van der Waals surface area (Å²) in [6, 6.07) is 8.20. The average Bonchev–Trinajstić information content (AvgIpc) is 2.27. The van der Waals surface area contributed by atoms with Gasteiger partial charge in [0.05, 0.1) is 6.54 Å². The van der Waals surface area contributed by atoms with Crippen LogP contribution in [-0.4, -0.2) is 37.4 Å². The van der Waals surface area contributed by atoms with E-state index in [4.69, 9.17) is 4.74 Å². The van der Waals surface area contributed by atoms with Crippen molar-refractivity contribution in [2.24, 2.45) is 0 Å². The Labute approximate surface area is 116 Å². The topological polar surface area (TPSA) is 29.5 Å². The summed E-state index contributed by atoms with van der Waals surface area (Å²) < 4.78 is 5.74. The van der Waals surface area contributed by atoms with Crippen LogP contribution in [0.2, 0.25) is 0 Å². The molecule has 3 heteroatoms. The molecule has 0 amide bonds. The second-order valence-corrected chi connectivity index (χ2v) is 6.07. The van der Waals surface area contributed by atoms with Gasteiger partial charge in [-0.25, -0.2) is 0 Å². The summed E-state index contributed by atoms with van der Waals surface area (Å²) in [5.41, 5.74) is 1.40. The lowest BCUT2D eigenvalue weighted by Gasteiger charge is -2.20. The predicted octanol–water partition coefficient (Wildman–Crippen LogP) is 2.88. The summed E-state index contributed by atoms with van der Waals surface area (Å²) in [7, 11) is 1.93. The monoisotopic (exact) mass is 263 g/mol. The quantitative estimate of drug-likeness (QED) is 0.790. The maximum absolute atomic E-state index is 11.0. The molecule has 19 heavy (non-hydrogen) atoms. The molecule has 1 aromatic rings. The molecule has 0 aliphatic heterocycles. The number of ketones is 1. The minimum Gasteiger partial charge on any atom is -0.492 e. The fraction of sp³-hybridized carbons (Fsp3) is 0.562. The first-order valence-electron chi connectivity index (χ1n) is 6.70. The van der Waals surface area contributed by atoms with Crippen LogP contribution in [0.15, 0.2) is 24.3 Å². The third-order valence-electron chi connectivity index (χ3n) is 2.93. The van der Waals surface area contributed by atoms with Crippen LogP contribution < -0.4 is 4.74 Å². The van der Waals surface area contributed by atoms with Crippen LogP contribution in [0.4, 0.5) is 0 Å². The molecular weight excluding hydrogens is 238 g/mol. The van der Waals surface area contributed by atoms with Gasteiger partial charge in [0.2, 0.25) is 0 Å². The Balaban J connectivity index is 2.48. The molecule has 0 saturated carbocycles. The van der Waals surface area contributed by atoms with Crippen LogP contribution in [0.25, 0.3) is 0 Å². The molecule has 3 nitrogen and oxygen atoms in total. The van der Waals surface area contributed by atoms with Crippen molar-refractivity contribution >= 4 is 5.78 Å². The number of hydrogen-bond donors (Lipinski definition) is 0. The summed E-state index contributed by atoms with van der Waals surface area (Å²) >= 11 is 0. The highest BCUT2D eigenvalue weighted by atomic mass is 16.5. The van der Waals surface area contributed by atoms with Crippen LogP contribution in [0.1, 0.15) is 33.3 Å². The van der Waals surface area contributed by atoms with Gasteiger partial charge < -0.3 is 4.74 Å². The van der Waals surface area contributed by atoms with E-state index in [0.29, 0.717) is 13.2 Å². The van der Waals surface area contributed by atoms with Crippen molar-refractivity contribution in [1.82, 2.24) is 4.90 Å². The molecule has 0 spiro atoms. The van der Waals surface area contributed by atoms with Crippen molar-refractivity contribution in [2.75, 3.05) is 26.7 Å². The Morgan fingerprint density at radius 1 is 1.32 bits per heavy atom. The maximum Gasteiger partial charge on any atom is 0.143 e. The Morgan fingerprint density at radius 2 is 2.00 bits per heavy atom. The minimum absolute atomic E-state index is 0.130. The zero-order valence-electron chi connectivity index (χ0n) is 12.7. The largest absolute Gasteiger partial charge is 0.492 e. The summed E-state index contributed by atoms with van der Waals surface area (Å²) in [5, 5.41) is 0. The number of ether oxygens (including phenoxy) is 1. The lowest BCUT2D eigenvalue weighted by molar-refractivity contribution is -0.117. The molecule has 0 fully saturated rings. The molecule has 0 aliphatic carbocycles. The van der Waals surface area contributed by atoms with Crippen molar-refractivity contribution < 1.29 is 9.53 Å². The van der Waals surface area contributed by atoms with Gasteiger partial charge in [-0.05, 0) is 37.1 Å². The van der Waals surface area contributed by atoms with Gasteiger partial charge in [0.25, 0.3) is 0 Å². The van der Waals surface area contributed by atoms with E-state index in [0.717, 1.165) is 12.3 Å². The molecule has 0 aromatic heterocycles. The van der Waals surface area contributed by atoms with E-state index in [1.54, 1.807) is 6.92 Å². The number of nitrogens with zero attached hydrogens (tertiary/aromatic N) is 1. The van der Waals surface area contributed by atoms with Gasteiger partial charge in [0.1, 0.15) is 18.1 Å². The van der Waals surface area contributed by atoms with Gasteiger partial charge in [-0.15, -0.1) is 0 Å². The molecule has 0 heterocycles. The summed E-state index contributed by atoms with van der Waals surface area (Å²) in [5.74, 6) is 1.07. The van der Waals surface area contributed by atoms with Gasteiger partial charge in [0, 0.05) is 6.54 Å². The van der Waals surface area contributed by atoms with Crippen LogP contribution >= 0.6 is 0 Å². The molecule has 0 bridgehead atoms. The van der Waals surface area contributed by atoms with Gasteiger partial charge in [-0.1, -0.05) is 32.9 Å². The van der Waals surface area contributed by atoms with E-state index >= 15 is 0 Å². The highest BCUT2D eigenvalue weighted by Gasteiger charge is 2.13. The molecule has 0 radical (unpaired) electrons. The molecule has 0 unspecified atom stereocenters. The van der Waals surface area contributed by atoms with Gasteiger partial charge in [0.15, 0.2) is 0 Å². The van der Waals surface area contributed by atoms with E-state index < -0.39 is 0 Å². The number of carbonyl (C=O) groups is 1. The molecule has 0 atom stereocenters. The van der Waals surface area contributed by atoms with Crippen LogP contribution in [-0.2, 0) is 10.2 Å². The molecule has 1 aromatic carbocycles. The summed E-state index contributed by atoms with van der Waals surface area (Å²) in [6.07, 6.45) is 0. The lowest BCUT2D eigenvalue weighted by atomic mass is 9.87. The lowest BCUT2D eigenvalue weighted by Crippen LogP contribution is -2.28. The van der Waals surface area contributed by atoms with Crippen molar-refractivity contribution in [3.8, 4) is 5.75 Å². The fourth-order valence-electron chi connectivity index (χ4n) is 1.83. The van der Waals surface area contributed by atoms with E-state index in [-0.39, 0.29) is 11.2 Å². The highest BCUT2D eigenvalue weighted by Crippen LogP contribution is 2.25. The SMILES string of the molecule is CC(=O)CN(C)CCOc1cccc(C(C)(C)C)c1. The Bertz CT molecular complexity index is 421. The smallest absolute Gasteiger partial charge is 0.143 e. The van der Waals surface area contributed by atoms with Gasteiger partial charge >= 0.3 is 0 Å². The Morgan fingerprint density at radius 3 is 2.58 bits per heavy atom. The third-order valence-corrected chi connectivity index (χ3v) is 2.93. The zero-order valence-corrected chi connectivity index (χ0v) is 12.7. The number of carbonyl (C=O) groups excluding carboxylic acids is 1. The van der Waals surface area contributed by atoms with Crippen molar-refractivity contribution in [1.29, 1.82) is 0 Å². The number of Topliss-reactive ketones (excluding diaryl/α,β-unsaturated/α-hetero) is 1. The number of rotatable bonds is 6. The first-order valence-corrected chi connectivity index (χ1v) is 6.70.